The Morgan fingerprint density at radius 2 is 1.96 bits per heavy atom. The lowest BCUT2D eigenvalue weighted by molar-refractivity contribution is -0.385. The van der Waals surface area contributed by atoms with E-state index in [1.165, 1.54) is 13.2 Å². The lowest BCUT2D eigenvalue weighted by atomic mass is 10.1. The summed E-state index contributed by atoms with van der Waals surface area (Å²) in [7, 11) is 1.46. The van der Waals surface area contributed by atoms with Crippen molar-refractivity contribution in [1.82, 2.24) is 4.98 Å². The zero-order valence-corrected chi connectivity index (χ0v) is 14.0. The van der Waals surface area contributed by atoms with Crippen molar-refractivity contribution < 1.29 is 14.4 Å². The summed E-state index contributed by atoms with van der Waals surface area (Å²) in [6.45, 7) is 2.29. The Kier molecular flexibility index (Phi) is 4.70. The molecular formula is C19H18N2O4. The van der Waals surface area contributed by atoms with Crippen LogP contribution < -0.4 is 9.47 Å². The number of nitro benzene ring substituents is 1. The number of nitrogens with zero attached hydrogens (tertiary/aromatic N) is 1. The van der Waals surface area contributed by atoms with E-state index in [1.54, 1.807) is 12.1 Å². The molecule has 128 valence electrons. The molecule has 25 heavy (non-hydrogen) atoms. The van der Waals surface area contributed by atoms with E-state index in [1.807, 2.05) is 43.3 Å². The lowest BCUT2D eigenvalue weighted by Gasteiger charge is -2.10. The maximum Gasteiger partial charge on any atom is 0.280 e. The first-order valence-electron chi connectivity index (χ1n) is 7.87. The van der Waals surface area contributed by atoms with Crippen molar-refractivity contribution in [3.63, 3.8) is 0 Å². The predicted molar refractivity (Wildman–Crippen MR) is 98.0 cm³/mol. The first-order valence-corrected chi connectivity index (χ1v) is 7.87. The average molecular weight is 338 g/mol. The molecule has 0 saturated heterocycles. The lowest BCUT2D eigenvalue weighted by Crippen LogP contribution is -1.99. The van der Waals surface area contributed by atoms with E-state index in [4.69, 9.17) is 9.47 Å². The van der Waals surface area contributed by atoms with Crippen LogP contribution in [0.3, 0.4) is 0 Å². The Labute approximate surface area is 144 Å². The molecule has 0 bridgehead atoms. The second kappa shape index (κ2) is 7.09. The number of hydrogen-bond acceptors (Lipinski definition) is 4. The fourth-order valence-corrected chi connectivity index (χ4v) is 2.65. The number of para-hydroxylation sites is 1. The van der Waals surface area contributed by atoms with Crippen LogP contribution in [0, 0.1) is 10.1 Å². The second-order valence-electron chi connectivity index (χ2n) is 5.40. The van der Waals surface area contributed by atoms with E-state index < -0.39 is 4.92 Å². The van der Waals surface area contributed by atoms with E-state index in [0.717, 1.165) is 16.6 Å². The maximum absolute atomic E-state index is 11.4. The molecule has 0 aliphatic heterocycles. The zero-order chi connectivity index (χ0) is 17.8. The SMILES string of the molecule is CCOc1cc(/C=C/c2cc3ccccc3[nH]2)c([N+](=O)[O-])cc1OC. The number of methoxy groups -OCH3 is 1. The molecule has 2 aromatic carbocycles. The first-order chi connectivity index (χ1) is 12.1. The number of aromatic nitrogens is 1. The molecule has 0 amide bonds. The summed E-state index contributed by atoms with van der Waals surface area (Å²) in [5.74, 6) is 0.822. The number of rotatable bonds is 6. The molecule has 3 aromatic rings. The largest absolute Gasteiger partial charge is 0.493 e. The third kappa shape index (κ3) is 3.47. The number of benzene rings is 2. The van der Waals surface area contributed by atoms with Gasteiger partial charge in [-0.1, -0.05) is 18.2 Å². The summed E-state index contributed by atoms with van der Waals surface area (Å²) in [6.07, 6.45) is 3.51. The molecule has 6 nitrogen and oxygen atoms in total. The van der Waals surface area contributed by atoms with Gasteiger partial charge in [0.05, 0.1) is 30.3 Å². The van der Waals surface area contributed by atoms with Crippen LogP contribution in [0.5, 0.6) is 11.5 Å². The molecule has 0 fully saturated rings. The van der Waals surface area contributed by atoms with E-state index in [9.17, 15) is 10.1 Å². The van der Waals surface area contributed by atoms with Gasteiger partial charge in [-0.3, -0.25) is 10.1 Å². The van der Waals surface area contributed by atoms with Gasteiger partial charge in [0.1, 0.15) is 0 Å². The standard InChI is InChI=1S/C19H18N2O4/c1-3-25-19-11-14(17(21(22)23)12-18(19)24-2)8-9-15-10-13-6-4-5-7-16(13)20-15/h4-12,20H,3H2,1-2H3/b9-8+. The van der Waals surface area contributed by atoms with Gasteiger partial charge in [-0.2, -0.15) is 0 Å². The number of H-pyrrole nitrogens is 1. The Balaban J connectivity index is 2.01. The Bertz CT molecular complexity index is 911. The van der Waals surface area contributed by atoms with Crippen molar-refractivity contribution in [3.05, 3.63) is 63.8 Å². The highest BCUT2D eigenvalue weighted by Crippen LogP contribution is 2.35. The zero-order valence-electron chi connectivity index (χ0n) is 14.0. The van der Waals surface area contributed by atoms with Crippen LogP contribution in [0.4, 0.5) is 5.69 Å². The molecule has 0 saturated carbocycles. The molecule has 1 aromatic heterocycles. The minimum Gasteiger partial charge on any atom is -0.493 e. The molecule has 0 atom stereocenters. The topological polar surface area (TPSA) is 77.4 Å². The Morgan fingerprint density at radius 3 is 2.64 bits per heavy atom. The van der Waals surface area contributed by atoms with Gasteiger partial charge in [0.25, 0.3) is 5.69 Å². The minimum atomic E-state index is -0.427. The highest BCUT2D eigenvalue weighted by atomic mass is 16.6. The van der Waals surface area contributed by atoms with Gasteiger partial charge in [0.15, 0.2) is 11.5 Å². The van der Waals surface area contributed by atoms with Crippen LogP contribution >= 0.6 is 0 Å². The average Bonchev–Trinajstić information content (AvgIpc) is 3.03. The van der Waals surface area contributed by atoms with Crippen molar-refractivity contribution in [2.24, 2.45) is 0 Å². The summed E-state index contributed by atoms with van der Waals surface area (Å²) in [4.78, 5) is 14.2. The molecule has 1 N–H and O–H groups in total. The van der Waals surface area contributed by atoms with E-state index >= 15 is 0 Å². The van der Waals surface area contributed by atoms with Gasteiger partial charge in [-0.15, -0.1) is 0 Å². The van der Waals surface area contributed by atoms with Crippen molar-refractivity contribution in [2.45, 2.75) is 6.92 Å². The van der Waals surface area contributed by atoms with Crippen LogP contribution in [0.25, 0.3) is 23.1 Å². The van der Waals surface area contributed by atoms with Crippen LogP contribution in [-0.4, -0.2) is 23.6 Å². The number of fused-ring (bicyclic) bond motifs is 1. The summed E-state index contributed by atoms with van der Waals surface area (Å²) in [6, 6.07) is 12.9. The molecule has 0 aliphatic rings. The molecule has 0 unspecified atom stereocenters. The number of nitro groups is 1. The van der Waals surface area contributed by atoms with Crippen LogP contribution in [0.1, 0.15) is 18.2 Å². The summed E-state index contributed by atoms with van der Waals surface area (Å²) in [5, 5.41) is 12.5. The van der Waals surface area contributed by atoms with Gasteiger partial charge >= 0.3 is 0 Å². The first kappa shape index (κ1) is 16.6. The number of aromatic amines is 1. The smallest absolute Gasteiger partial charge is 0.280 e. The highest BCUT2D eigenvalue weighted by Gasteiger charge is 2.18. The normalized spacial score (nSPS) is 11.1. The van der Waals surface area contributed by atoms with Gasteiger partial charge in [0.2, 0.25) is 0 Å². The third-order valence-electron chi connectivity index (χ3n) is 3.80. The van der Waals surface area contributed by atoms with Gasteiger partial charge in [-0.05, 0) is 42.7 Å². The molecule has 6 heteroatoms. The summed E-state index contributed by atoms with van der Waals surface area (Å²) >= 11 is 0. The van der Waals surface area contributed by atoms with Crippen molar-refractivity contribution in [3.8, 4) is 11.5 Å². The number of nitrogens with one attached hydrogen (secondary N) is 1. The van der Waals surface area contributed by atoms with E-state index in [2.05, 4.69) is 4.98 Å². The number of ether oxygens (including phenoxy) is 2. The quantitative estimate of drug-likeness (QED) is 0.524. The second-order valence-corrected chi connectivity index (χ2v) is 5.40. The van der Waals surface area contributed by atoms with Crippen molar-refractivity contribution >= 4 is 28.7 Å². The fraction of sp³-hybridized carbons (Fsp3) is 0.158. The predicted octanol–water partition coefficient (Wildman–Crippen LogP) is 4.65. The van der Waals surface area contributed by atoms with E-state index in [-0.39, 0.29) is 5.69 Å². The minimum absolute atomic E-state index is 0.0346. The van der Waals surface area contributed by atoms with Crippen molar-refractivity contribution in [1.29, 1.82) is 0 Å². The Hall–Kier alpha value is -3.28. The van der Waals surface area contributed by atoms with Crippen molar-refractivity contribution in [2.75, 3.05) is 13.7 Å². The number of hydrogen-bond donors (Lipinski definition) is 1. The molecule has 1 heterocycles. The van der Waals surface area contributed by atoms with Crippen LogP contribution in [-0.2, 0) is 0 Å². The molecule has 0 radical (unpaired) electrons. The molecule has 0 spiro atoms. The molecule has 3 rings (SSSR count). The Morgan fingerprint density at radius 1 is 1.16 bits per heavy atom. The van der Waals surface area contributed by atoms with Gasteiger partial charge < -0.3 is 14.5 Å². The monoisotopic (exact) mass is 338 g/mol. The van der Waals surface area contributed by atoms with E-state index in [0.29, 0.717) is 23.7 Å². The van der Waals surface area contributed by atoms with Gasteiger partial charge in [0, 0.05) is 11.2 Å². The maximum atomic E-state index is 11.4. The molecule has 0 aliphatic carbocycles. The van der Waals surface area contributed by atoms with Crippen LogP contribution in [0.2, 0.25) is 0 Å². The van der Waals surface area contributed by atoms with Gasteiger partial charge in [-0.25, -0.2) is 0 Å². The summed E-state index contributed by atoms with van der Waals surface area (Å²) < 4.78 is 10.7. The fourth-order valence-electron chi connectivity index (χ4n) is 2.65. The third-order valence-corrected chi connectivity index (χ3v) is 3.80. The highest BCUT2D eigenvalue weighted by molar-refractivity contribution is 5.85. The van der Waals surface area contributed by atoms with Crippen LogP contribution in [0.15, 0.2) is 42.5 Å². The summed E-state index contributed by atoms with van der Waals surface area (Å²) in [5.41, 5.74) is 2.30. The molecular weight excluding hydrogens is 320 g/mol.